The Bertz CT molecular complexity index is 637. The first-order chi connectivity index (χ1) is 9.95. The van der Waals surface area contributed by atoms with E-state index in [1.165, 1.54) is 17.1 Å². The van der Waals surface area contributed by atoms with Crippen molar-refractivity contribution in [3.05, 3.63) is 16.1 Å². The Hall–Kier alpha value is -0.990. The van der Waals surface area contributed by atoms with Crippen LogP contribution in [0.4, 0.5) is 0 Å². The molecule has 2 heterocycles. The molecule has 1 aromatic heterocycles. The van der Waals surface area contributed by atoms with Gasteiger partial charge in [0.05, 0.1) is 23.5 Å². The zero-order valence-corrected chi connectivity index (χ0v) is 13.5. The molecule has 0 radical (unpaired) electrons. The fraction of sp³-hybridized carbons (Fsp3) is 0.692. The van der Waals surface area contributed by atoms with Gasteiger partial charge in [0, 0.05) is 17.8 Å². The van der Waals surface area contributed by atoms with Crippen LogP contribution >= 0.6 is 11.3 Å². The fourth-order valence-corrected chi connectivity index (χ4v) is 4.73. The first-order valence-electron chi connectivity index (χ1n) is 7.14. The standard InChI is InChI=1S/C13H19N3O3S2/c1-21(18,19)16-6-2-3-11(16)12(17)14-7-10-8-20-13(15-10)9-4-5-9/h8-9,11H,2-7H2,1H3,(H,14,17). The van der Waals surface area contributed by atoms with E-state index in [0.29, 0.717) is 25.4 Å². The van der Waals surface area contributed by atoms with Crippen LogP contribution in [0.3, 0.4) is 0 Å². The van der Waals surface area contributed by atoms with Crippen molar-refractivity contribution in [2.24, 2.45) is 0 Å². The molecular formula is C13H19N3O3S2. The second-order valence-corrected chi connectivity index (χ2v) is 8.53. The van der Waals surface area contributed by atoms with Gasteiger partial charge < -0.3 is 5.32 Å². The van der Waals surface area contributed by atoms with Crippen molar-refractivity contribution >= 4 is 27.3 Å². The van der Waals surface area contributed by atoms with Gasteiger partial charge in [-0.05, 0) is 25.7 Å². The second-order valence-electron chi connectivity index (χ2n) is 5.70. The lowest BCUT2D eigenvalue weighted by molar-refractivity contribution is -0.124. The van der Waals surface area contributed by atoms with Gasteiger partial charge in [0.1, 0.15) is 6.04 Å². The molecule has 1 N–H and O–H groups in total. The van der Waals surface area contributed by atoms with Crippen molar-refractivity contribution in [2.75, 3.05) is 12.8 Å². The summed E-state index contributed by atoms with van der Waals surface area (Å²) in [4.78, 5) is 16.7. The van der Waals surface area contributed by atoms with Crippen molar-refractivity contribution in [3.8, 4) is 0 Å². The van der Waals surface area contributed by atoms with Crippen LogP contribution in [0.2, 0.25) is 0 Å². The summed E-state index contributed by atoms with van der Waals surface area (Å²) in [6.45, 7) is 0.801. The highest BCUT2D eigenvalue weighted by molar-refractivity contribution is 7.88. The smallest absolute Gasteiger partial charge is 0.238 e. The molecule has 1 saturated heterocycles. The topological polar surface area (TPSA) is 79.4 Å². The van der Waals surface area contributed by atoms with E-state index in [4.69, 9.17) is 0 Å². The average Bonchev–Trinajstić information content (AvgIpc) is 2.97. The van der Waals surface area contributed by atoms with E-state index in [-0.39, 0.29) is 5.91 Å². The number of nitrogens with zero attached hydrogens (tertiary/aromatic N) is 2. The third kappa shape index (κ3) is 3.44. The van der Waals surface area contributed by atoms with Crippen molar-refractivity contribution in [3.63, 3.8) is 0 Å². The predicted octanol–water partition coefficient (Wildman–Crippen LogP) is 1.06. The second kappa shape index (κ2) is 5.66. The number of hydrogen-bond acceptors (Lipinski definition) is 5. The zero-order valence-electron chi connectivity index (χ0n) is 11.9. The fourth-order valence-electron chi connectivity index (χ4n) is 2.62. The number of hydrogen-bond donors (Lipinski definition) is 1. The summed E-state index contributed by atoms with van der Waals surface area (Å²) >= 11 is 1.64. The van der Waals surface area contributed by atoms with E-state index < -0.39 is 16.1 Å². The molecule has 21 heavy (non-hydrogen) atoms. The molecule has 1 atom stereocenters. The van der Waals surface area contributed by atoms with Gasteiger partial charge in [0.15, 0.2) is 0 Å². The Labute approximate surface area is 128 Å². The Morgan fingerprint density at radius 2 is 2.24 bits per heavy atom. The minimum Gasteiger partial charge on any atom is -0.349 e. The van der Waals surface area contributed by atoms with Crippen molar-refractivity contribution in [1.29, 1.82) is 0 Å². The lowest BCUT2D eigenvalue weighted by atomic mass is 10.2. The van der Waals surface area contributed by atoms with Crippen molar-refractivity contribution < 1.29 is 13.2 Å². The number of amides is 1. The zero-order chi connectivity index (χ0) is 15.0. The monoisotopic (exact) mass is 329 g/mol. The van der Waals surface area contributed by atoms with E-state index in [0.717, 1.165) is 23.4 Å². The highest BCUT2D eigenvalue weighted by atomic mass is 32.2. The van der Waals surface area contributed by atoms with Gasteiger partial charge in [-0.25, -0.2) is 13.4 Å². The molecule has 0 spiro atoms. The molecule has 116 valence electrons. The van der Waals surface area contributed by atoms with E-state index in [1.807, 2.05) is 5.38 Å². The number of thiazole rings is 1. The van der Waals surface area contributed by atoms with Gasteiger partial charge in [0.25, 0.3) is 0 Å². The summed E-state index contributed by atoms with van der Waals surface area (Å²) in [5.41, 5.74) is 0.860. The molecule has 6 nitrogen and oxygen atoms in total. The highest BCUT2D eigenvalue weighted by Crippen LogP contribution is 2.41. The third-order valence-electron chi connectivity index (χ3n) is 3.87. The maximum Gasteiger partial charge on any atom is 0.238 e. The molecule has 0 bridgehead atoms. The molecule has 1 amide bonds. The molecule has 1 saturated carbocycles. The van der Waals surface area contributed by atoms with E-state index >= 15 is 0 Å². The minimum atomic E-state index is -3.32. The molecule has 1 aliphatic heterocycles. The van der Waals surface area contributed by atoms with Gasteiger partial charge in [-0.2, -0.15) is 4.31 Å². The highest BCUT2D eigenvalue weighted by Gasteiger charge is 2.36. The Kier molecular flexibility index (Phi) is 4.02. The maximum atomic E-state index is 12.2. The molecule has 8 heteroatoms. The number of sulfonamides is 1. The molecule has 0 aromatic carbocycles. The van der Waals surface area contributed by atoms with Gasteiger partial charge in [-0.1, -0.05) is 0 Å². The maximum absolute atomic E-state index is 12.2. The van der Waals surface area contributed by atoms with Crippen LogP contribution < -0.4 is 5.32 Å². The van der Waals surface area contributed by atoms with Crippen LogP contribution in [0.25, 0.3) is 0 Å². The Balaban J connectivity index is 1.58. The quantitative estimate of drug-likeness (QED) is 0.876. The minimum absolute atomic E-state index is 0.223. The molecule has 3 rings (SSSR count). The van der Waals surface area contributed by atoms with E-state index in [9.17, 15) is 13.2 Å². The summed E-state index contributed by atoms with van der Waals surface area (Å²) in [5.74, 6) is 0.397. The molecule has 1 unspecified atom stereocenters. The number of carbonyl (C=O) groups is 1. The first kappa shape index (κ1) is 14.9. The molecule has 1 aromatic rings. The predicted molar refractivity (Wildman–Crippen MR) is 80.5 cm³/mol. The molecular weight excluding hydrogens is 310 g/mol. The number of nitrogens with one attached hydrogen (secondary N) is 1. The van der Waals surface area contributed by atoms with E-state index in [2.05, 4.69) is 10.3 Å². The van der Waals surface area contributed by atoms with Crippen molar-refractivity contribution in [1.82, 2.24) is 14.6 Å². The van der Waals surface area contributed by atoms with E-state index in [1.54, 1.807) is 11.3 Å². The molecule has 2 fully saturated rings. The van der Waals surface area contributed by atoms with Crippen LogP contribution in [-0.4, -0.2) is 42.5 Å². The third-order valence-corrected chi connectivity index (χ3v) is 6.22. The summed E-state index contributed by atoms with van der Waals surface area (Å²) in [7, 11) is -3.32. The first-order valence-corrected chi connectivity index (χ1v) is 9.87. The SMILES string of the molecule is CS(=O)(=O)N1CCCC1C(=O)NCc1csc(C2CC2)n1. The number of carbonyl (C=O) groups excluding carboxylic acids is 1. The van der Waals surface area contributed by atoms with Crippen LogP contribution in [0.1, 0.15) is 42.3 Å². The molecule has 2 aliphatic rings. The summed E-state index contributed by atoms with van der Waals surface area (Å²) in [6.07, 6.45) is 4.90. The van der Waals surface area contributed by atoms with Gasteiger partial charge in [-0.15, -0.1) is 11.3 Å². The Morgan fingerprint density at radius 3 is 2.90 bits per heavy atom. The van der Waals surface area contributed by atoms with Crippen LogP contribution in [-0.2, 0) is 21.4 Å². The Morgan fingerprint density at radius 1 is 1.48 bits per heavy atom. The summed E-state index contributed by atoms with van der Waals surface area (Å²) < 4.78 is 24.6. The number of rotatable bonds is 5. The van der Waals surface area contributed by atoms with Crippen LogP contribution in [0, 0.1) is 0 Å². The van der Waals surface area contributed by atoms with Gasteiger partial charge in [0.2, 0.25) is 15.9 Å². The van der Waals surface area contributed by atoms with Gasteiger partial charge >= 0.3 is 0 Å². The number of aromatic nitrogens is 1. The van der Waals surface area contributed by atoms with Crippen LogP contribution in [0.15, 0.2) is 5.38 Å². The lowest BCUT2D eigenvalue weighted by Crippen LogP contribution is -2.45. The normalized spacial score (nSPS) is 23.4. The summed E-state index contributed by atoms with van der Waals surface area (Å²) in [5, 5.41) is 5.93. The van der Waals surface area contributed by atoms with Crippen LogP contribution in [0.5, 0.6) is 0 Å². The lowest BCUT2D eigenvalue weighted by Gasteiger charge is -2.21. The molecule has 1 aliphatic carbocycles. The summed E-state index contributed by atoms with van der Waals surface area (Å²) in [6, 6.07) is -0.568. The van der Waals surface area contributed by atoms with Crippen molar-refractivity contribution in [2.45, 2.75) is 44.2 Å². The van der Waals surface area contributed by atoms with Gasteiger partial charge in [-0.3, -0.25) is 4.79 Å². The average molecular weight is 329 g/mol. The largest absolute Gasteiger partial charge is 0.349 e.